The summed E-state index contributed by atoms with van der Waals surface area (Å²) >= 11 is 5.91. The molecule has 2 aliphatic heterocycles. The normalized spacial score (nSPS) is 21.5. The van der Waals surface area contributed by atoms with Crippen LogP contribution in [-0.2, 0) is 11.3 Å². The van der Waals surface area contributed by atoms with Gasteiger partial charge in [0, 0.05) is 6.04 Å². The van der Waals surface area contributed by atoms with Crippen LogP contribution in [0.5, 0.6) is 0 Å². The number of ether oxygens (including phenoxy) is 1. The lowest BCUT2D eigenvalue weighted by Gasteiger charge is -2.33. The van der Waals surface area contributed by atoms with Crippen LogP contribution < -0.4 is 0 Å². The Morgan fingerprint density at radius 1 is 1.19 bits per heavy atom. The number of amides is 1. The van der Waals surface area contributed by atoms with Gasteiger partial charge in [0.15, 0.2) is 0 Å². The Morgan fingerprint density at radius 3 is 2.73 bits per heavy atom. The van der Waals surface area contributed by atoms with Crippen molar-refractivity contribution in [2.75, 3.05) is 0 Å². The summed E-state index contributed by atoms with van der Waals surface area (Å²) in [5, 5.41) is 0.125. The van der Waals surface area contributed by atoms with Crippen LogP contribution in [0.2, 0.25) is 5.02 Å². The SMILES string of the molecule is O=C(OCc1ccccc1)N1C2C=C(c3ccc(F)c(Cl)c3)CC1CC2. The molecule has 2 atom stereocenters. The van der Waals surface area contributed by atoms with Crippen LogP contribution in [0.15, 0.2) is 54.6 Å². The summed E-state index contributed by atoms with van der Waals surface area (Å²) in [6.07, 6.45) is 4.42. The minimum atomic E-state index is -0.416. The van der Waals surface area contributed by atoms with E-state index in [0.717, 1.165) is 36.0 Å². The van der Waals surface area contributed by atoms with Gasteiger partial charge in [-0.15, -0.1) is 0 Å². The van der Waals surface area contributed by atoms with Crippen molar-refractivity contribution < 1.29 is 13.9 Å². The molecule has 3 nitrogen and oxygen atoms in total. The summed E-state index contributed by atoms with van der Waals surface area (Å²) < 4.78 is 18.9. The molecule has 0 saturated carbocycles. The second-order valence-corrected chi connectivity index (χ2v) is 7.18. The molecule has 134 valence electrons. The molecule has 1 fully saturated rings. The first-order valence-corrected chi connectivity index (χ1v) is 9.15. The van der Waals surface area contributed by atoms with E-state index < -0.39 is 5.82 Å². The van der Waals surface area contributed by atoms with Gasteiger partial charge in [-0.3, -0.25) is 4.90 Å². The van der Waals surface area contributed by atoms with Gasteiger partial charge >= 0.3 is 6.09 Å². The zero-order valence-corrected chi connectivity index (χ0v) is 15.0. The first-order valence-electron chi connectivity index (χ1n) is 8.77. The summed E-state index contributed by atoms with van der Waals surface area (Å²) in [6.45, 7) is 0.278. The van der Waals surface area contributed by atoms with E-state index in [1.54, 1.807) is 12.1 Å². The summed E-state index contributed by atoms with van der Waals surface area (Å²) in [7, 11) is 0. The summed E-state index contributed by atoms with van der Waals surface area (Å²) in [5.74, 6) is -0.416. The highest BCUT2D eigenvalue weighted by atomic mass is 35.5. The van der Waals surface area contributed by atoms with Crippen molar-refractivity contribution in [1.29, 1.82) is 0 Å². The molecule has 0 N–H and O–H groups in total. The number of nitrogens with zero attached hydrogens (tertiary/aromatic N) is 1. The van der Waals surface area contributed by atoms with Crippen molar-refractivity contribution in [2.45, 2.75) is 38.0 Å². The Morgan fingerprint density at radius 2 is 2.00 bits per heavy atom. The molecule has 2 unspecified atom stereocenters. The molecule has 2 aromatic carbocycles. The predicted octanol–water partition coefficient (Wildman–Crippen LogP) is 5.44. The second-order valence-electron chi connectivity index (χ2n) is 6.77. The molecule has 4 rings (SSSR count). The average Bonchev–Trinajstić information content (AvgIpc) is 2.92. The largest absolute Gasteiger partial charge is 0.445 e. The van der Waals surface area contributed by atoms with E-state index in [9.17, 15) is 9.18 Å². The molecule has 1 amide bonds. The van der Waals surface area contributed by atoms with Crippen LogP contribution >= 0.6 is 11.6 Å². The summed E-state index contributed by atoms with van der Waals surface area (Å²) in [4.78, 5) is 14.4. The zero-order valence-electron chi connectivity index (χ0n) is 14.2. The molecule has 5 heteroatoms. The molecule has 0 spiro atoms. The van der Waals surface area contributed by atoms with E-state index in [2.05, 4.69) is 6.08 Å². The van der Waals surface area contributed by atoms with Crippen molar-refractivity contribution in [1.82, 2.24) is 4.90 Å². The topological polar surface area (TPSA) is 29.5 Å². The molecule has 2 heterocycles. The van der Waals surface area contributed by atoms with Crippen LogP contribution in [0.25, 0.3) is 5.57 Å². The molecule has 0 aliphatic carbocycles. The fraction of sp³-hybridized carbons (Fsp3) is 0.286. The van der Waals surface area contributed by atoms with E-state index >= 15 is 0 Å². The molecule has 2 aliphatic rings. The first kappa shape index (κ1) is 17.1. The van der Waals surface area contributed by atoms with E-state index in [0.29, 0.717) is 0 Å². The maximum Gasteiger partial charge on any atom is 0.410 e. The van der Waals surface area contributed by atoms with Crippen molar-refractivity contribution in [3.05, 3.63) is 76.6 Å². The Balaban J connectivity index is 1.47. The number of benzene rings is 2. The molecular formula is C21H19ClFNO2. The van der Waals surface area contributed by atoms with Crippen LogP contribution in [0, 0.1) is 5.82 Å². The Labute approximate surface area is 157 Å². The van der Waals surface area contributed by atoms with Crippen molar-refractivity contribution in [3.8, 4) is 0 Å². The zero-order chi connectivity index (χ0) is 18.1. The lowest BCUT2D eigenvalue weighted by atomic mass is 9.95. The van der Waals surface area contributed by atoms with Gasteiger partial charge in [0.2, 0.25) is 0 Å². The number of hydrogen-bond acceptors (Lipinski definition) is 2. The number of carbonyl (C=O) groups excluding carboxylic acids is 1. The van der Waals surface area contributed by atoms with Gasteiger partial charge in [0.25, 0.3) is 0 Å². The molecule has 1 saturated heterocycles. The van der Waals surface area contributed by atoms with E-state index in [1.165, 1.54) is 6.07 Å². The van der Waals surface area contributed by atoms with Gasteiger partial charge in [-0.25, -0.2) is 9.18 Å². The minimum absolute atomic E-state index is 0.0239. The van der Waals surface area contributed by atoms with Gasteiger partial charge in [-0.05, 0) is 48.1 Å². The smallest absolute Gasteiger partial charge is 0.410 e. The van der Waals surface area contributed by atoms with Gasteiger partial charge in [-0.2, -0.15) is 0 Å². The van der Waals surface area contributed by atoms with Crippen molar-refractivity contribution in [3.63, 3.8) is 0 Å². The highest BCUT2D eigenvalue weighted by molar-refractivity contribution is 6.30. The Hall–Kier alpha value is -2.33. The van der Waals surface area contributed by atoms with E-state index in [4.69, 9.17) is 16.3 Å². The summed E-state index contributed by atoms with van der Waals surface area (Å²) in [6, 6.07) is 14.6. The van der Waals surface area contributed by atoms with Crippen molar-refractivity contribution in [2.24, 2.45) is 0 Å². The third-order valence-electron chi connectivity index (χ3n) is 5.10. The second kappa shape index (κ2) is 7.12. The Bertz CT molecular complexity index is 852. The van der Waals surface area contributed by atoms with Crippen LogP contribution in [0.4, 0.5) is 9.18 Å². The molecular weight excluding hydrogens is 353 g/mol. The fourth-order valence-electron chi connectivity index (χ4n) is 3.82. The number of rotatable bonds is 3. The van der Waals surface area contributed by atoms with Crippen molar-refractivity contribution >= 4 is 23.3 Å². The third-order valence-corrected chi connectivity index (χ3v) is 5.39. The fourth-order valence-corrected chi connectivity index (χ4v) is 4.00. The van der Waals surface area contributed by atoms with E-state index in [-0.39, 0.29) is 29.8 Å². The molecule has 0 aromatic heterocycles. The van der Waals surface area contributed by atoms with Gasteiger partial charge in [0.1, 0.15) is 12.4 Å². The highest BCUT2D eigenvalue weighted by Crippen LogP contribution is 2.39. The average molecular weight is 372 g/mol. The minimum Gasteiger partial charge on any atom is -0.445 e. The van der Waals surface area contributed by atoms with Crippen LogP contribution in [0.1, 0.15) is 30.4 Å². The number of fused-ring (bicyclic) bond motifs is 2. The molecule has 26 heavy (non-hydrogen) atoms. The van der Waals surface area contributed by atoms with Crippen LogP contribution in [0.3, 0.4) is 0 Å². The number of carbonyl (C=O) groups is 1. The monoisotopic (exact) mass is 371 g/mol. The summed E-state index contributed by atoms with van der Waals surface area (Å²) in [5.41, 5.74) is 3.01. The highest BCUT2D eigenvalue weighted by Gasteiger charge is 2.40. The van der Waals surface area contributed by atoms with Gasteiger partial charge in [-0.1, -0.05) is 54.1 Å². The maximum absolute atomic E-state index is 13.4. The number of hydrogen-bond donors (Lipinski definition) is 0. The predicted molar refractivity (Wildman–Crippen MR) is 99.3 cm³/mol. The lowest BCUT2D eigenvalue weighted by Crippen LogP contribution is -2.43. The number of halogens is 2. The quantitative estimate of drug-likeness (QED) is 0.719. The van der Waals surface area contributed by atoms with Gasteiger partial charge in [0.05, 0.1) is 11.1 Å². The van der Waals surface area contributed by atoms with Gasteiger partial charge < -0.3 is 4.74 Å². The molecule has 2 aromatic rings. The Kier molecular flexibility index (Phi) is 4.68. The van der Waals surface area contributed by atoms with Crippen LogP contribution in [-0.4, -0.2) is 23.1 Å². The third kappa shape index (κ3) is 3.34. The maximum atomic E-state index is 13.4. The standard InChI is InChI=1S/C21H19ClFNO2/c22-19-12-15(6-9-20(19)23)16-10-17-7-8-18(11-16)24(17)21(25)26-13-14-4-2-1-3-5-14/h1-6,9-10,12,17-18H,7-8,11,13H2. The molecule has 0 radical (unpaired) electrons. The molecule has 2 bridgehead atoms. The lowest BCUT2D eigenvalue weighted by molar-refractivity contribution is 0.0832. The van der Waals surface area contributed by atoms with E-state index in [1.807, 2.05) is 35.2 Å². The first-order chi connectivity index (χ1) is 12.6.